The highest BCUT2D eigenvalue weighted by Gasteiger charge is 2.06. The zero-order valence-corrected chi connectivity index (χ0v) is 15.1. The highest BCUT2D eigenvalue weighted by molar-refractivity contribution is 6.18. The number of nitrogens with zero attached hydrogens (tertiary/aromatic N) is 3. The predicted octanol–water partition coefficient (Wildman–Crippen LogP) is 3.66. The van der Waals surface area contributed by atoms with E-state index >= 15 is 0 Å². The summed E-state index contributed by atoms with van der Waals surface area (Å²) in [5.74, 6) is 1.31. The molecule has 0 saturated carbocycles. The van der Waals surface area contributed by atoms with E-state index < -0.39 is 0 Å². The number of hydrogen-bond donors (Lipinski definition) is 2. The molecule has 0 radical (unpaired) electrons. The fourth-order valence-corrected chi connectivity index (χ4v) is 2.43. The Morgan fingerprint density at radius 3 is 2.67 bits per heavy atom. The first kappa shape index (κ1) is 20.3. The lowest BCUT2D eigenvalue weighted by atomic mass is 10.2. The molecule has 2 rings (SSSR count). The second-order valence-electron chi connectivity index (χ2n) is 5.01. The maximum absolute atomic E-state index is 10.2. The third kappa shape index (κ3) is 7.19. The van der Waals surface area contributed by atoms with Crippen LogP contribution in [-0.2, 0) is 4.79 Å². The second-order valence-corrected chi connectivity index (χ2v) is 5.76. The zero-order chi connectivity index (χ0) is 17.8. The van der Waals surface area contributed by atoms with Crippen molar-refractivity contribution in [1.82, 2.24) is 9.97 Å². The van der Waals surface area contributed by atoms with E-state index in [-0.39, 0.29) is 5.78 Å². The Morgan fingerprint density at radius 2 is 2.08 bits per heavy atom. The first-order valence-corrected chi connectivity index (χ1v) is 8.64. The van der Waals surface area contributed by atoms with Gasteiger partial charge in [-0.05, 0) is 31.5 Å². The SMILES string of the molecule is CC(=O)CCC=NO.ClCCN(CCCl)c1ccc2nc[nH]c2c1. The molecule has 1 heterocycles. The molecule has 1 aromatic heterocycles. The van der Waals surface area contributed by atoms with Crippen LogP contribution in [0.4, 0.5) is 5.69 Å². The summed E-state index contributed by atoms with van der Waals surface area (Å²) < 4.78 is 0. The molecule has 8 heteroatoms. The van der Waals surface area contributed by atoms with Gasteiger partial charge in [0, 0.05) is 43.2 Å². The molecule has 6 nitrogen and oxygen atoms in total. The number of rotatable bonds is 8. The van der Waals surface area contributed by atoms with Crippen molar-refractivity contribution >= 4 is 51.9 Å². The third-order valence-electron chi connectivity index (χ3n) is 3.18. The van der Waals surface area contributed by atoms with Gasteiger partial charge in [0.1, 0.15) is 5.78 Å². The van der Waals surface area contributed by atoms with Crippen molar-refractivity contribution in [2.24, 2.45) is 5.16 Å². The Labute approximate surface area is 151 Å². The van der Waals surface area contributed by atoms with Gasteiger partial charge in [0.25, 0.3) is 0 Å². The van der Waals surface area contributed by atoms with Crippen LogP contribution < -0.4 is 4.90 Å². The fraction of sp³-hybridized carbons (Fsp3) is 0.438. The van der Waals surface area contributed by atoms with Gasteiger partial charge in [-0.15, -0.1) is 28.4 Å². The number of imidazole rings is 1. The summed E-state index contributed by atoms with van der Waals surface area (Å²) in [6.45, 7) is 3.10. The van der Waals surface area contributed by atoms with Gasteiger partial charge in [0.2, 0.25) is 0 Å². The van der Waals surface area contributed by atoms with Gasteiger partial charge in [-0.25, -0.2) is 4.98 Å². The third-order valence-corrected chi connectivity index (χ3v) is 3.52. The number of anilines is 1. The Balaban J connectivity index is 0.000000307. The van der Waals surface area contributed by atoms with E-state index in [1.54, 1.807) is 6.33 Å². The maximum atomic E-state index is 10.2. The van der Waals surface area contributed by atoms with Crippen LogP contribution in [0.25, 0.3) is 11.0 Å². The van der Waals surface area contributed by atoms with Crippen molar-refractivity contribution < 1.29 is 10.0 Å². The van der Waals surface area contributed by atoms with Crippen molar-refractivity contribution in [3.8, 4) is 0 Å². The normalized spacial score (nSPS) is 10.6. The Kier molecular flexibility index (Phi) is 9.88. The van der Waals surface area contributed by atoms with E-state index in [0.717, 1.165) is 29.8 Å². The molecule has 0 spiro atoms. The Bertz CT molecular complexity index is 640. The van der Waals surface area contributed by atoms with Crippen molar-refractivity contribution in [2.45, 2.75) is 19.8 Å². The van der Waals surface area contributed by atoms with Crippen LogP contribution in [0.5, 0.6) is 0 Å². The van der Waals surface area contributed by atoms with E-state index in [1.165, 1.54) is 13.1 Å². The standard InChI is InChI=1S/C11H13Cl2N3.C5H9NO2/c12-3-5-16(6-4-13)9-1-2-10-11(7-9)15-8-14-10;1-5(7)3-2-4-6-8/h1-2,7-8H,3-6H2,(H,14,15);4,8H,2-3H2,1H3. The molecule has 0 saturated heterocycles. The highest BCUT2D eigenvalue weighted by atomic mass is 35.5. The van der Waals surface area contributed by atoms with Crippen molar-refractivity contribution in [3.05, 3.63) is 24.5 Å². The molecule has 0 atom stereocenters. The van der Waals surface area contributed by atoms with E-state index in [4.69, 9.17) is 28.4 Å². The van der Waals surface area contributed by atoms with Crippen LogP contribution in [0, 0.1) is 0 Å². The van der Waals surface area contributed by atoms with Crippen LogP contribution in [0.1, 0.15) is 19.8 Å². The van der Waals surface area contributed by atoms with E-state index in [2.05, 4.69) is 26.1 Å². The number of halogens is 2. The largest absolute Gasteiger partial charge is 0.411 e. The van der Waals surface area contributed by atoms with Gasteiger partial charge in [-0.2, -0.15) is 0 Å². The maximum Gasteiger partial charge on any atom is 0.130 e. The number of H-pyrrole nitrogens is 1. The van der Waals surface area contributed by atoms with Gasteiger partial charge in [-0.1, -0.05) is 0 Å². The van der Waals surface area contributed by atoms with Crippen LogP contribution in [0.2, 0.25) is 0 Å². The fourth-order valence-electron chi connectivity index (χ4n) is 2.02. The molecule has 24 heavy (non-hydrogen) atoms. The van der Waals surface area contributed by atoms with E-state index in [9.17, 15) is 4.79 Å². The minimum atomic E-state index is 0.116. The number of benzene rings is 1. The summed E-state index contributed by atoms with van der Waals surface area (Å²) in [7, 11) is 0. The second kappa shape index (κ2) is 11.7. The zero-order valence-electron chi connectivity index (χ0n) is 13.6. The number of ketones is 1. The van der Waals surface area contributed by atoms with Crippen LogP contribution in [-0.4, -0.2) is 52.0 Å². The first-order valence-electron chi connectivity index (χ1n) is 7.57. The predicted molar refractivity (Wildman–Crippen MR) is 99.9 cm³/mol. The summed E-state index contributed by atoms with van der Waals surface area (Å²) in [5.41, 5.74) is 3.13. The summed E-state index contributed by atoms with van der Waals surface area (Å²) in [6.07, 6.45) is 4.00. The number of carbonyl (C=O) groups is 1. The van der Waals surface area contributed by atoms with Gasteiger partial charge < -0.3 is 19.9 Å². The Morgan fingerprint density at radius 1 is 1.38 bits per heavy atom. The number of oxime groups is 1. The molecule has 2 N–H and O–H groups in total. The molecule has 132 valence electrons. The molecular weight excluding hydrogens is 351 g/mol. The molecule has 0 fully saturated rings. The molecular formula is C16H22Cl2N4O2. The average molecular weight is 373 g/mol. The molecule has 2 aromatic rings. The molecule has 0 aliphatic rings. The number of nitrogens with one attached hydrogen (secondary N) is 1. The molecule has 1 aromatic carbocycles. The lowest BCUT2D eigenvalue weighted by Crippen LogP contribution is -2.27. The lowest BCUT2D eigenvalue weighted by molar-refractivity contribution is -0.116. The summed E-state index contributed by atoms with van der Waals surface area (Å²) in [5, 5.41) is 10.6. The summed E-state index contributed by atoms with van der Waals surface area (Å²) in [4.78, 5) is 19.6. The van der Waals surface area contributed by atoms with Crippen LogP contribution in [0.15, 0.2) is 29.7 Å². The number of aromatic amines is 1. The van der Waals surface area contributed by atoms with Crippen molar-refractivity contribution in [1.29, 1.82) is 0 Å². The lowest BCUT2D eigenvalue weighted by Gasteiger charge is -2.22. The van der Waals surface area contributed by atoms with Gasteiger partial charge in [-0.3, -0.25) is 0 Å². The Hall–Kier alpha value is -1.79. The van der Waals surface area contributed by atoms with Gasteiger partial charge in [0.05, 0.1) is 17.4 Å². The topological polar surface area (TPSA) is 81.6 Å². The summed E-state index contributed by atoms with van der Waals surface area (Å²) >= 11 is 11.5. The minimum Gasteiger partial charge on any atom is -0.411 e. The number of Topliss-reactive ketones (excluding diaryl/α,β-unsaturated/α-hetero) is 1. The highest BCUT2D eigenvalue weighted by Crippen LogP contribution is 2.19. The van der Waals surface area contributed by atoms with Gasteiger partial charge >= 0.3 is 0 Å². The average Bonchev–Trinajstić information content (AvgIpc) is 3.03. The van der Waals surface area contributed by atoms with Crippen LogP contribution in [0.3, 0.4) is 0 Å². The van der Waals surface area contributed by atoms with E-state index in [1.807, 2.05) is 12.1 Å². The molecule has 0 aliphatic carbocycles. The van der Waals surface area contributed by atoms with Crippen molar-refractivity contribution in [2.75, 3.05) is 29.7 Å². The van der Waals surface area contributed by atoms with Crippen LogP contribution >= 0.6 is 23.2 Å². The van der Waals surface area contributed by atoms with Crippen molar-refractivity contribution in [3.63, 3.8) is 0 Å². The number of alkyl halides is 2. The molecule has 0 unspecified atom stereocenters. The monoisotopic (exact) mass is 372 g/mol. The number of carbonyl (C=O) groups excluding carboxylic acids is 1. The molecule has 0 aliphatic heterocycles. The smallest absolute Gasteiger partial charge is 0.130 e. The van der Waals surface area contributed by atoms with E-state index in [0.29, 0.717) is 24.6 Å². The summed E-state index contributed by atoms with van der Waals surface area (Å²) in [6, 6.07) is 6.11. The number of aromatic nitrogens is 2. The quantitative estimate of drug-likeness (QED) is 0.320. The van der Waals surface area contributed by atoms with Gasteiger partial charge in [0.15, 0.2) is 0 Å². The number of fused-ring (bicyclic) bond motifs is 1. The molecule has 0 amide bonds. The number of hydrogen-bond acceptors (Lipinski definition) is 5. The molecule has 0 bridgehead atoms. The first-order chi connectivity index (χ1) is 11.6. The minimum absolute atomic E-state index is 0.116.